The van der Waals surface area contributed by atoms with Gasteiger partial charge in [-0.3, -0.25) is 9.78 Å². The highest BCUT2D eigenvalue weighted by atomic mass is 35.5. The highest BCUT2D eigenvalue weighted by Gasteiger charge is 2.09. The quantitative estimate of drug-likeness (QED) is 0.822. The molecule has 0 aliphatic carbocycles. The van der Waals surface area contributed by atoms with Crippen molar-refractivity contribution in [3.05, 3.63) is 35.5 Å². The second-order valence-corrected chi connectivity index (χ2v) is 5.40. The van der Waals surface area contributed by atoms with Crippen LogP contribution in [0.3, 0.4) is 0 Å². The molecule has 0 unspecified atom stereocenters. The van der Waals surface area contributed by atoms with E-state index in [9.17, 15) is 4.79 Å². The van der Waals surface area contributed by atoms with Gasteiger partial charge in [-0.1, -0.05) is 18.5 Å². The number of halogens is 1. The molecule has 1 aromatic carbocycles. The number of nitrogens with one attached hydrogen (secondary N) is 2. The summed E-state index contributed by atoms with van der Waals surface area (Å²) in [6.07, 6.45) is 1.67. The Morgan fingerprint density at radius 1 is 1.41 bits per heavy atom. The number of hydrogen-bond acceptors (Lipinski definition) is 4. The van der Waals surface area contributed by atoms with Gasteiger partial charge in [-0.05, 0) is 37.7 Å². The van der Waals surface area contributed by atoms with Crippen molar-refractivity contribution in [2.45, 2.75) is 19.9 Å². The number of aromatic nitrogens is 1. The Kier molecular flexibility index (Phi) is 5.98. The fourth-order valence-electron chi connectivity index (χ4n) is 2.11. The molecule has 6 heteroatoms. The summed E-state index contributed by atoms with van der Waals surface area (Å²) in [5.74, 6) is 0.388. The molecule has 0 radical (unpaired) electrons. The van der Waals surface area contributed by atoms with Crippen molar-refractivity contribution < 1.29 is 9.53 Å². The summed E-state index contributed by atoms with van der Waals surface area (Å²) >= 11 is 6.12. The smallest absolute Gasteiger partial charge is 0.257 e. The minimum atomic E-state index is -0.163. The Labute approximate surface area is 135 Å². The summed E-state index contributed by atoms with van der Waals surface area (Å²) < 4.78 is 5.57. The molecule has 1 heterocycles. The Morgan fingerprint density at radius 3 is 3.00 bits per heavy atom. The first-order chi connectivity index (χ1) is 10.6. The molecular formula is C16H20ClN3O2. The summed E-state index contributed by atoms with van der Waals surface area (Å²) in [5, 5.41) is 7.47. The van der Waals surface area contributed by atoms with Crippen LogP contribution in [-0.2, 0) is 4.79 Å². The Balaban J connectivity index is 1.95. The molecule has 0 aliphatic rings. The zero-order valence-corrected chi connectivity index (χ0v) is 13.5. The van der Waals surface area contributed by atoms with Crippen LogP contribution in [0.5, 0.6) is 5.75 Å². The third kappa shape index (κ3) is 4.32. The first-order valence-electron chi connectivity index (χ1n) is 7.28. The van der Waals surface area contributed by atoms with Crippen molar-refractivity contribution in [1.29, 1.82) is 0 Å². The molecule has 0 bridgehead atoms. The zero-order chi connectivity index (χ0) is 15.9. The molecule has 2 N–H and O–H groups in total. The highest BCUT2D eigenvalue weighted by Crippen LogP contribution is 2.29. The number of fused-ring (bicyclic) bond motifs is 1. The van der Waals surface area contributed by atoms with Crippen LogP contribution in [-0.4, -0.2) is 36.6 Å². The molecule has 1 amide bonds. The molecule has 118 valence electrons. The van der Waals surface area contributed by atoms with Crippen LogP contribution in [0.4, 0.5) is 0 Å². The van der Waals surface area contributed by atoms with Gasteiger partial charge < -0.3 is 15.4 Å². The van der Waals surface area contributed by atoms with E-state index in [4.69, 9.17) is 16.3 Å². The molecule has 5 nitrogen and oxygen atoms in total. The maximum atomic E-state index is 11.8. The number of amides is 1. The van der Waals surface area contributed by atoms with Crippen molar-refractivity contribution in [1.82, 2.24) is 15.6 Å². The number of carbonyl (C=O) groups excluding carboxylic acids is 1. The summed E-state index contributed by atoms with van der Waals surface area (Å²) in [7, 11) is 0. The van der Waals surface area contributed by atoms with Gasteiger partial charge in [-0.2, -0.15) is 0 Å². The normalized spacial score (nSPS) is 12.1. The van der Waals surface area contributed by atoms with E-state index in [0.717, 1.165) is 11.9 Å². The number of benzene rings is 1. The predicted molar refractivity (Wildman–Crippen MR) is 88.4 cm³/mol. The Morgan fingerprint density at radius 2 is 2.23 bits per heavy atom. The number of hydrogen-bond donors (Lipinski definition) is 2. The molecule has 0 saturated carbocycles. The zero-order valence-electron chi connectivity index (χ0n) is 12.7. The van der Waals surface area contributed by atoms with E-state index in [1.165, 1.54) is 0 Å². The van der Waals surface area contributed by atoms with Gasteiger partial charge in [0.15, 0.2) is 6.61 Å². The third-order valence-electron chi connectivity index (χ3n) is 3.20. The van der Waals surface area contributed by atoms with Crippen molar-refractivity contribution >= 4 is 28.4 Å². The number of nitrogens with zero attached hydrogens (tertiary/aromatic N) is 1. The van der Waals surface area contributed by atoms with Crippen LogP contribution in [0.25, 0.3) is 10.9 Å². The summed E-state index contributed by atoms with van der Waals surface area (Å²) in [5.41, 5.74) is 0.656. The van der Waals surface area contributed by atoms with E-state index in [0.29, 0.717) is 22.8 Å². The van der Waals surface area contributed by atoms with Gasteiger partial charge >= 0.3 is 0 Å². The van der Waals surface area contributed by atoms with Crippen LogP contribution in [0.1, 0.15) is 13.8 Å². The van der Waals surface area contributed by atoms with Crippen LogP contribution in [0, 0.1) is 0 Å². The Bertz CT molecular complexity index is 648. The number of likely N-dealkylation sites (N-methyl/N-ethyl adjacent to an activating group) is 1. The lowest BCUT2D eigenvalue weighted by Gasteiger charge is -2.14. The first kappa shape index (κ1) is 16.5. The number of carbonyl (C=O) groups is 1. The number of ether oxygens (including phenoxy) is 1. The van der Waals surface area contributed by atoms with E-state index >= 15 is 0 Å². The summed E-state index contributed by atoms with van der Waals surface area (Å²) in [6.45, 7) is 5.43. The van der Waals surface area contributed by atoms with E-state index in [1.54, 1.807) is 18.3 Å². The molecule has 1 aromatic heterocycles. The summed E-state index contributed by atoms with van der Waals surface area (Å²) in [4.78, 5) is 16.1. The van der Waals surface area contributed by atoms with Gasteiger partial charge in [-0.25, -0.2) is 0 Å². The van der Waals surface area contributed by atoms with Crippen LogP contribution in [0.15, 0.2) is 30.5 Å². The SMILES string of the molecule is CCN[C@H](C)CNC(=O)COc1ccc(Cl)c2cccnc12. The molecule has 1 atom stereocenters. The lowest BCUT2D eigenvalue weighted by molar-refractivity contribution is -0.123. The van der Waals surface area contributed by atoms with Crippen molar-refractivity contribution in [2.75, 3.05) is 19.7 Å². The van der Waals surface area contributed by atoms with Crippen LogP contribution < -0.4 is 15.4 Å². The van der Waals surface area contributed by atoms with Crippen molar-refractivity contribution in [2.24, 2.45) is 0 Å². The maximum absolute atomic E-state index is 11.8. The molecule has 2 rings (SSSR count). The molecular weight excluding hydrogens is 302 g/mol. The lowest BCUT2D eigenvalue weighted by atomic mass is 10.2. The first-order valence-corrected chi connectivity index (χ1v) is 7.65. The molecule has 22 heavy (non-hydrogen) atoms. The van der Waals surface area contributed by atoms with E-state index in [-0.39, 0.29) is 18.6 Å². The fourth-order valence-corrected chi connectivity index (χ4v) is 2.33. The van der Waals surface area contributed by atoms with Crippen molar-refractivity contribution in [3.63, 3.8) is 0 Å². The average molecular weight is 322 g/mol. The van der Waals surface area contributed by atoms with Gasteiger partial charge in [-0.15, -0.1) is 0 Å². The highest BCUT2D eigenvalue weighted by molar-refractivity contribution is 6.35. The number of rotatable bonds is 7. The number of pyridine rings is 1. The van der Waals surface area contributed by atoms with Gasteiger partial charge in [0.2, 0.25) is 0 Å². The van der Waals surface area contributed by atoms with Gasteiger partial charge in [0.25, 0.3) is 5.91 Å². The van der Waals surface area contributed by atoms with E-state index in [1.807, 2.05) is 26.0 Å². The minimum Gasteiger partial charge on any atom is -0.481 e. The molecule has 0 saturated heterocycles. The standard InChI is InChI=1S/C16H20ClN3O2/c1-3-18-11(2)9-20-15(21)10-22-14-7-6-13(17)12-5-4-8-19-16(12)14/h4-8,11,18H,3,9-10H2,1-2H3,(H,20,21)/t11-/m1/s1. The third-order valence-corrected chi connectivity index (χ3v) is 3.53. The van der Waals surface area contributed by atoms with Gasteiger partial charge in [0.1, 0.15) is 11.3 Å². The van der Waals surface area contributed by atoms with E-state index in [2.05, 4.69) is 15.6 Å². The van der Waals surface area contributed by atoms with Gasteiger partial charge in [0.05, 0.1) is 5.02 Å². The van der Waals surface area contributed by atoms with Crippen LogP contribution in [0.2, 0.25) is 5.02 Å². The second-order valence-electron chi connectivity index (χ2n) is 5.00. The summed E-state index contributed by atoms with van der Waals surface area (Å²) in [6, 6.07) is 7.38. The molecule has 0 spiro atoms. The maximum Gasteiger partial charge on any atom is 0.257 e. The average Bonchev–Trinajstić information content (AvgIpc) is 2.53. The monoisotopic (exact) mass is 321 g/mol. The second kappa shape index (κ2) is 7.96. The predicted octanol–water partition coefficient (Wildman–Crippen LogP) is 2.38. The molecule has 0 aliphatic heterocycles. The topological polar surface area (TPSA) is 63.2 Å². The van der Waals surface area contributed by atoms with Crippen LogP contribution >= 0.6 is 11.6 Å². The van der Waals surface area contributed by atoms with Gasteiger partial charge in [0, 0.05) is 24.2 Å². The van der Waals surface area contributed by atoms with E-state index < -0.39 is 0 Å². The molecule has 2 aromatic rings. The lowest BCUT2D eigenvalue weighted by Crippen LogP contribution is -2.40. The largest absolute Gasteiger partial charge is 0.481 e. The molecule has 0 fully saturated rings. The van der Waals surface area contributed by atoms with Crippen molar-refractivity contribution in [3.8, 4) is 5.75 Å². The Hall–Kier alpha value is -1.85. The minimum absolute atomic E-state index is 0.0495. The fraction of sp³-hybridized carbons (Fsp3) is 0.375.